The third-order valence-electron chi connectivity index (χ3n) is 4.15. The van der Waals surface area contributed by atoms with Crippen molar-refractivity contribution in [3.05, 3.63) is 65.7 Å². The summed E-state index contributed by atoms with van der Waals surface area (Å²) in [4.78, 5) is 12.3. The molecule has 0 aliphatic heterocycles. The van der Waals surface area contributed by atoms with Gasteiger partial charge in [0.1, 0.15) is 5.75 Å². The number of carbonyl (C=O) groups excluding carboxylic acids is 1. The summed E-state index contributed by atoms with van der Waals surface area (Å²) in [5.41, 5.74) is 1.97. The number of hydrogen-bond donors (Lipinski definition) is 3. The minimum Gasteiger partial charge on any atom is -0.508 e. The number of aliphatic hydroxyl groups is 1. The highest BCUT2D eigenvalue weighted by atomic mass is 16.3. The van der Waals surface area contributed by atoms with Crippen LogP contribution >= 0.6 is 0 Å². The number of hydrogen-bond acceptors (Lipinski definition) is 3. The fraction of sp³-hybridized carbons (Fsp3) is 0.278. The van der Waals surface area contributed by atoms with E-state index in [9.17, 15) is 15.0 Å². The Balaban J connectivity index is 1.63. The summed E-state index contributed by atoms with van der Waals surface area (Å²) in [5.74, 6) is 0.396. The minimum absolute atomic E-state index is 0.0198. The molecule has 4 heteroatoms. The van der Waals surface area contributed by atoms with Gasteiger partial charge in [0, 0.05) is 5.92 Å². The molecule has 0 heterocycles. The lowest BCUT2D eigenvalue weighted by molar-refractivity contribution is -0.123. The highest BCUT2D eigenvalue weighted by Crippen LogP contribution is 2.47. The SMILES string of the molecule is O=C(NC(CO)c1ccc(O)cc1)C1CC1c1ccccc1. The molecule has 3 N–H and O–H groups in total. The van der Waals surface area contributed by atoms with Gasteiger partial charge in [-0.2, -0.15) is 0 Å². The molecule has 3 rings (SSSR count). The molecule has 1 aliphatic rings. The van der Waals surface area contributed by atoms with Gasteiger partial charge >= 0.3 is 0 Å². The summed E-state index contributed by atoms with van der Waals surface area (Å²) in [6.45, 7) is -0.167. The van der Waals surface area contributed by atoms with E-state index in [1.807, 2.05) is 30.3 Å². The van der Waals surface area contributed by atoms with Gasteiger partial charge in [0.25, 0.3) is 0 Å². The van der Waals surface area contributed by atoms with Crippen LogP contribution in [-0.4, -0.2) is 22.7 Å². The van der Waals surface area contributed by atoms with E-state index in [1.54, 1.807) is 24.3 Å². The van der Waals surface area contributed by atoms with Crippen LogP contribution < -0.4 is 5.32 Å². The normalized spacial score (nSPS) is 21.1. The monoisotopic (exact) mass is 297 g/mol. The molecule has 1 saturated carbocycles. The summed E-state index contributed by atoms with van der Waals surface area (Å²) in [6.07, 6.45) is 0.851. The third-order valence-corrected chi connectivity index (χ3v) is 4.15. The molecule has 114 valence electrons. The number of nitrogens with one attached hydrogen (secondary N) is 1. The lowest BCUT2D eigenvalue weighted by atomic mass is 10.1. The van der Waals surface area contributed by atoms with Crippen molar-refractivity contribution < 1.29 is 15.0 Å². The van der Waals surface area contributed by atoms with Crippen molar-refractivity contribution in [1.29, 1.82) is 0 Å². The highest BCUT2D eigenvalue weighted by molar-refractivity contribution is 5.83. The Morgan fingerprint density at radius 3 is 2.45 bits per heavy atom. The van der Waals surface area contributed by atoms with Gasteiger partial charge in [0.2, 0.25) is 5.91 Å². The maximum Gasteiger partial charge on any atom is 0.224 e. The quantitative estimate of drug-likeness (QED) is 0.793. The topological polar surface area (TPSA) is 69.6 Å². The average molecular weight is 297 g/mol. The largest absolute Gasteiger partial charge is 0.508 e. The maximum atomic E-state index is 12.3. The molecule has 3 atom stereocenters. The second-order valence-electron chi connectivity index (χ2n) is 5.69. The molecular weight excluding hydrogens is 278 g/mol. The molecule has 0 radical (unpaired) electrons. The maximum absolute atomic E-state index is 12.3. The van der Waals surface area contributed by atoms with Crippen LogP contribution in [-0.2, 0) is 4.79 Å². The minimum atomic E-state index is -0.440. The van der Waals surface area contributed by atoms with Gasteiger partial charge in [-0.15, -0.1) is 0 Å². The smallest absolute Gasteiger partial charge is 0.224 e. The van der Waals surface area contributed by atoms with E-state index in [2.05, 4.69) is 5.32 Å². The number of carbonyl (C=O) groups is 1. The highest BCUT2D eigenvalue weighted by Gasteiger charge is 2.44. The van der Waals surface area contributed by atoms with Gasteiger partial charge < -0.3 is 15.5 Å². The summed E-state index contributed by atoms with van der Waals surface area (Å²) in [6, 6.07) is 16.1. The Hall–Kier alpha value is -2.33. The zero-order valence-corrected chi connectivity index (χ0v) is 12.1. The Morgan fingerprint density at radius 2 is 1.82 bits per heavy atom. The van der Waals surface area contributed by atoms with Crippen molar-refractivity contribution in [1.82, 2.24) is 5.32 Å². The van der Waals surface area contributed by atoms with E-state index >= 15 is 0 Å². The fourth-order valence-electron chi connectivity index (χ4n) is 2.77. The molecule has 3 unspecified atom stereocenters. The van der Waals surface area contributed by atoms with Crippen LogP contribution in [0.4, 0.5) is 0 Å². The van der Waals surface area contributed by atoms with Crippen molar-refractivity contribution in [3.8, 4) is 5.75 Å². The number of phenolic OH excluding ortho intramolecular Hbond substituents is 1. The first-order chi connectivity index (χ1) is 10.7. The van der Waals surface area contributed by atoms with Crippen molar-refractivity contribution in [2.24, 2.45) is 5.92 Å². The van der Waals surface area contributed by atoms with Crippen molar-refractivity contribution in [3.63, 3.8) is 0 Å². The standard InChI is InChI=1S/C18H19NO3/c20-11-17(13-6-8-14(21)9-7-13)19-18(22)16-10-15(16)12-4-2-1-3-5-12/h1-9,15-17,20-21H,10-11H2,(H,19,22). The van der Waals surface area contributed by atoms with E-state index in [-0.39, 0.29) is 30.1 Å². The zero-order valence-electron chi connectivity index (χ0n) is 12.1. The van der Waals surface area contributed by atoms with Crippen LogP contribution in [0, 0.1) is 5.92 Å². The number of rotatable bonds is 5. The lowest BCUT2D eigenvalue weighted by Gasteiger charge is -2.17. The molecule has 2 aromatic carbocycles. The fourth-order valence-corrected chi connectivity index (χ4v) is 2.77. The molecule has 0 spiro atoms. The Labute approximate surface area is 129 Å². The van der Waals surface area contributed by atoms with Crippen molar-refractivity contribution in [2.75, 3.05) is 6.61 Å². The van der Waals surface area contributed by atoms with Crippen LogP contribution in [0.15, 0.2) is 54.6 Å². The summed E-state index contributed by atoms with van der Waals surface area (Å²) < 4.78 is 0. The van der Waals surface area contributed by atoms with Gasteiger partial charge in [0.15, 0.2) is 0 Å². The zero-order chi connectivity index (χ0) is 15.5. The van der Waals surface area contributed by atoms with Crippen LogP contribution in [0.2, 0.25) is 0 Å². The molecule has 2 aromatic rings. The molecule has 0 saturated heterocycles. The summed E-state index contributed by atoms with van der Waals surface area (Å²) in [7, 11) is 0. The molecule has 4 nitrogen and oxygen atoms in total. The third kappa shape index (κ3) is 3.12. The molecule has 1 amide bonds. The molecular formula is C18H19NO3. The lowest BCUT2D eigenvalue weighted by Crippen LogP contribution is -2.32. The van der Waals surface area contributed by atoms with Gasteiger partial charge in [-0.3, -0.25) is 4.79 Å². The Morgan fingerprint density at radius 1 is 1.14 bits per heavy atom. The van der Waals surface area contributed by atoms with Gasteiger partial charge in [0.05, 0.1) is 12.6 Å². The van der Waals surface area contributed by atoms with Gasteiger partial charge in [-0.1, -0.05) is 42.5 Å². The second-order valence-corrected chi connectivity index (χ2v) is 5.69. The van der Waals surface area contributed by atoms with E-state index in [0.29, 0.717) is 0 Å². The summed E-state index contributed by atoms with van der Waals surface area (Å²) in [5, 5.41) is 21.7. The molecule has 22 heavy (non-hydrogen) atoms. The number of amides is 1. The van der Waals surface area contributed by atoms with Crippen LogP contribution in [0.3, 0.4) is 0 Å². The summed E-state index contributed by atoms with van der Waals surface area (Å²) >= 11 is 0. The van der Waals surface area contributed by atoms with Crippen molar-refractivity contribution in [2.45, 2.75) is 18.4 Å². The number of aromatic hydroxyl groups is 1. The second kappa shape index (κ2) is 6.20. The Bertz CT molecular complexity index is 639. The first kappa shape index (κ1) is 14.6. The van der Waals surface area contributed by atoms with E-state index in [1.165, 1.54) is 5.56 Å². The van der Waals surface area contributed by atoms with E-state index in [0.717, 1.165) is 12.0 Å². The Kier molecular flexibility index (Phi) is 4.11. The first-order valence-corrected chi connectivity index (χ1v) is 7.44. The van der Waals surface area contributed by atoms with Crippen LogP contribution in [0.1, 0.15) is 29.5 Å². The van der Waals surface area contributed by atoms with E-state index in [4.69, 9.17) is 0 Å². The van der Waals surface area contributed by atoms with Crippen LogP contribution in [0.25, 0.3) is 0 Å². The molecule has 0 aromatic heterocycles. The number of benzene rings is 2. The van der Waals surface area contributed by atoms with Crippen molar-refractivity contribution >= 4 is 5.91 Å². The van der Waals surface area contributed by atoms with E-state index < -0.39 is 6.04 Å². The molecule has 1 aliphatic carbocycles. The van der Waals surface area contributed by atoms with Crippen LogP contribution in [0.5, 0.6) is 5.75 Å². The predicted molar refractivity (Wildman–Crippen MR) is 83.4 cm³/mol. The number of aliphatic hydroxyl groups excluding tert-OH is 1. The number of phenols is 1. The predicted octanol–water partition coefficient (Wildman–Crippen LogP) is 2.35. The molecule has 0 bridgehead atoms. The van der Waals surface area contributed by atoms with Gasteiger partial charge in [-0.05, 0) is 35.6 Å². The molecule has 1 fully saturated rings. The van der Waals surface area contributed by atoms with Gasteiger partial charge in [-0.25, -0.2) is 0 Å². The average Bonchev–Trinajstić information content (AvgIpc) is 3.35. The first-order valence-electron chi connectivity index (χ1n) is 7.44.